The summed E-state index contributed by atoms with van der Waals surface area (Å²) in [5.74, 6) is -1.67. The van der Waals surface area contributed by atoms with Crippen molar-refractivity contribution in [2.24, 2.45) is 17.3 Å². The number of benzene rings is 1. The molecule has 346 valence electrons. The number of cyclic esters (lactones) is 1. The van der Waals surface area contributed by atoms with E-state index >= 15 is 0 Å². The number of urea groups is 1. The Morgan fingerprint density at radius 2 is 1.91 bits per heavy atom. The van der Waals surface area contributed by atoms with Crippen molar-refractivity contribution in [2.45, 2.75) is 104 Å². The number of amides is 4. The Bertz CT molecular complexity index is 2340. The topological polar surface area (TPSA) is 181 Å². The fourth-order valence-corrected chi connectivity index (χ4v) is 10.3. The molecule has 16 nitrogen and oxygen atoms in total. The van der Waals surface area contributed by atoms with Gasteiger partial charge in [-0.1, -0.05) is 33.8 Å². The molecule has 0 aliphatic carbocycles. The van der Waals surface area contributed by atoms with E-state index in [0.29, 0.717) is 50.4 Å². The maximum absolute atomic E-state index is 14.6. The first-order valence-electron chi connectivity index (χ1n) is 22.4. The van der Waals surface area contributed by atoms with Crippen molar-refractivity contribution < 1.29 is 38.5 Å². The van der Waals surface area contributed by atoms with Crippen LogP contribution in [0.2, 0.25) is 0 Å². The minimum atomic E-state index is -1.07. The number of fused-ring (bicyclic) bond motifs is 6. The van der Waals surface area contributed by atoms with Crippen molar-refractivity contribution in [2.75, 3.05) is 54.1 Å². The highest BCUT2D eigenvalue weighted by atomic mass is 32.1. The molecular weight excluding hydrogens is 837 g/mol. The Balaban J connectivity index is 1.26. The van der Waals surface area contributed by atoms with E-state index < -0.39 is 41.3 Å². The second-order valence-electron chi connectivity index (χ2n) is 18.5. The van der Waals surface area contributed by atoms with E-state index in [2.05, 4.69) is 60.3 Å². The number of likely N-dealkylation sites (N-methyl/N-ethyl adjacent to an activating group) is 1. The van der Waals surface area contributed by atoms with Crippen molar-refractivity contribution in [3.63, 3.8) is 0 Å². The molecule has 4 aromatic rings. The number of hydrogen-bond acceptors (Lipinski definition) is 12. The van der Waals surface area contributed by atoms with Crippen molar-refractivity contribution in [1.82, 2.24) is 40.1 Å². The minimum absolute atomic E-state index is 0.0137. The fourth-order valence-electron chi connectivity index (χ4n) is 9.41. The second kappa shape index (κ2) is 19.7. The first-order valence-corrected chi connectivity index (χ1v) is 23.2. The lowest BCUT2D eigenvalue weighted by Crippen LogP contribution is -2.64. The van der Waals surface area contributed by atoms with Crippen LogP contribution in [-0.2, 0) is 48.0 Å². The van der Waals surface area contributed by atoms with Gasteiger partial charge < -0.3 is 39.0 Å². The van der Waals surface area contributed by atoms with Gasteiger partial charge in [0.25, 0.3) is 5.91 Å². The number of ether oxygens (including phenoxy) is 3. The standard InChI is InChI=1S/C47H64N8O8S/c1-10-54-37-16-15-29-19-32(37)33(42(54)31-13-11-17-48-40(31)28(4)61-8)21-47(5,6)26-63-45(59)34-14-12-18-55(51-34)44(58)35(20-39-49-36(29)25-64-39)50-43(57)41(27(2)3)52(7)46(60)53-22-30(23-53)38(24-56)62-9/h11,13,15-17,19,25,27-28,30,34-35,38,41,51,56H,10,12,14,18,20-24,26H2,1-9H3,(H,50,57)/t28-,34-,35-,38-,41-/m0/s1. The molecule has 3 N–H and O–H groups in total. The van der Waals surface area contributed by atoms with Gasteiger partial charge in [0.2, 0.25) is 5.91 Å². The summed E-state index contributed by atoms with van der Waals surface area (Å²) in [5, 5.41) is 17.8. The Morgan fingerprint density at radius 3 is 2.59 bits per heavy atom. The number of aliphatic hydroxyl groups is 1. The summed E-state index contributed by atoms with van der Waals surface area (Å²) in [6, 6.07) is 7.32. The number of nitrogens with one attached hydrogen (secondary N) is 2. The molecule has 5 atom stereocenters. The maximum Gasteiger partial charge on any atom is 0.324 e. The summed E-state index contributed by atoms with van der Waals surface area (Å²) in [6.07, 6.45) is 2.83. The van der Waals surface area contributed by atoms with E-state index in [1.54, 1.807) is 25.3 Å². The molecule has 0 spiro atoms. The highest BCUT2D eigenvalue weighted by molar-refractivity contribution is 7.10. The lowest BCUT2D eigenvalue weighted by molar-refractivity contribution is -0.155. The van der Waals surface area contributed by atoms with E-state index in [1.165, 1.54) is 28.4 Å². The minimum Gasteiger partial charge on any atom is -0.464 e. The first kappa shape index (κ1) is 47.0. The van der Waals surface area contributed by atoms with Crippen LogP contribution in [0.1, 0.15) is 76.8 Å². The zero-order valence-corrected chi connectivity index (χ0v) is 39.4. The summed E-state index contributed by atoms with van der Waals surface area (Å²) >= 11 is 1.41. The number of nitrogens with zero attached hydrogens (tertiary/aromatic N) is 6. The molecule has 7 rings (SSSR count). The molecule has 2 fully saturated rings. The van der Waals surface area contributed by atoms with Gasteiger partial charge in [-0.05, 0) is 68.9 Å². The largest absolute Gasteiger partial charge is 0.464 e. The molecule has 4 amide bonds. The molecule has 1 aromatic carbocycles. The third-order valence-electron chi connectivity index (χ3n) is 13.0. The van der Waals surface area contributed by atoms with Crippen LogP contribution in [0.5, 0.6) is 0 Å². The van der Waals surface area contributed by atoms with Crippen molar-refractivity contribution in [3.05, 3.63) is 58.2 Å². The van der Waals surface area contributed by atoms with Crippen LogP contribution in [0.25, 0.3) is 33.4 Å². The van der Waals surface area contributed by atoms with Crippen LogP contribution in [-0.4, -0.2) is 137 Å². The number of aryl methyl sites for hydroxylation is 1. The SMILES string of the molecule is CCn1c(-c2cccnc2[C@H](C)OC)c2c3cc(ccc31)-c1csc(n1)C[C@H](NC(=O)[C@H](C(C)C)N(C)C(=O)N1CC([C@H](CO)OC)C1)C(=O)N1CCC[C@H](N1)C(=O)OCC(C)(C)C2. The Hall–Kier alpha value is -4.94. The van der Waals surface area contributed by atoms with Gasteiger partial charge in [0.15, 0.2) is 0 Å². The predicted molar refractivity (Wildman–Crippen MR) is 244 cm³/mol. The van der Waals surface area contributed by atoms with Gasteiger partial charge in [0.05, 0.1) is 47.5 Å². The normalized spacial score (nSPS) is 20.9. The second-order valence-corrected chi connectivity index (χ2v) is 19.4. The van der Waals surface area contributed by atoms with Crippen LogP contribution in [0.3, 0.4) is 0 Å². The molecule has 6 bridgehead atoms. The van der Waals surface area contributed by atoms with Crippen molar-refractivity contribution in [1.29, 1.82) is 0 Å². The number of carbonyl (C=O) groups is 4. The third-order valence-corrected chi connectivity index (χ3v) is 13.8. The lowest BCUT2D eigenvalue weighted by Gasteiger charge is -2.45. The summed E-state index contributed by atoms with van der Waals surface area (Å²) in [5.41, 5.74) is 9.27. The van der Waals surface area contributed by atoms with E-state index in [0.717, 1.165) is 44.7 Å². The van der Waals surface area contributed by atoms with Gasteiger partial charge in [-0.3, -0.25) is 24.4 Å². The molecule has 3 aliphatic heterocycles. The number of esters is 1. The molecule has 2 saturated heterocycles. The highest BCUT2D eigenvalue weighted by Crippen LogP contribution is 2.42. The first-order chi connectivity index (χ1) is 30.6. The van der Waals surface area contributed by atoms with Gasteiger partial charge in [0.1, 0.15) is 18.1 Å². The zero-order chi connectivity index (χ0) is 46.0. The number of hydrazine groups is 1. The molecule has 3 aromatic heterocycles. The average molecular weight is 901 g/mol. The molecule has 17 heteroatoms. The summed E-state index contributed by atoms with van der Waals surface area (Å²) in [4.78, 5) is 69.4. The van der Waals surface area contributed by atoms with Crippen LogP contribution in [0, 0.1) is 17.3 Å². The van der Waals surface area contributed by atoms with Crippen molar-refractivity contribution >= 4 is 46.1 Å². The monoisotopic (exact) mass is 900 g/mol. The highest BCUT2D eigenvalue weighted by Gasteiger charge is 2.42. The smallest absolute Gasteiger partial charge is 0.324 e. The van der Waals surface area contributed by atoms with Gasteiger partial charge in [-0.25, -0.2) is 15.2 Å². The molecule has 6 heterocycles. The van der Waals surface area contributed by atoms with Crippen molar-refractivity contribution in [3.8, 4) is 22.5 Å². The van der Waals surface area contributed by atoms with Gasteiger partial charge in [0, 0.05) is 98.8 Å². The summed E-state index contributed by atoms with van der Waals surface area (Å²) < 4.78 is 19.6. The molecule has 0 saturated carbocycles. The Labute approximate surface area is 379 Å². The van der Waals surface area contributed by atoms with E-state index in [-0.39, 0.29) is 49.7 Å². The zero-order valence-electron chi connectivity index (χ0n) is 38.6. The number of aliphatic hydroxyl groups excluding tert-OH is 1. The molecule has 64 heavy (non-hydrogen) atoms. The average Bonchev–Trinajstić information content (AvgIpc) is 3.86. The maximum atomic E-state index is 14.6. The Morgan fingerprint density at radius 1 is 1.14 bits per heavy atom. The molecular formula is C47H64N8O8S. The van der Waals surface area contributed by atoms with Crippen LogP contribution in [0.4, 0.5) is 4.79 Å². The number of likely N-dealkylation sites (tertiary alicyclic amines) is 1. The van der Waals surface area contributed by atoms with E-state index in [4.69, 9.17) is 24.2 Å². The molecule has 3 aliphatic rings. The van der Waals surface area contributed by atoms with Gasteiger partial charge >= 0.3 is 12.0 Å². The number of hydrogen-bond donors (Lipinski definition) is 3. The molecule has 0 unspecified atom stereocenters. The predicted octanol–water partition coefficient (Wildman–Crippen LogP) is 5.22. The van der Waals surface area contributed by atoms with Crippen LogP contribution >= 0.6 is 11.3 Å². The number of aromatic nitrogens is 3. The molecule has 0 radical (unpaired) electrons. The summed E-state index contributed by atoms with van der Waals surface area (Å²) in [7, 11) is 4.81. The van der Waals surface area contributed by atoms with E-state index in [1.807, 2.05) is 32.2 Å². The number of thiazole rings is 1. The van der Waals surface area contributed by atoms with Crippen LogP contribution in [0.15, 0.2) is 41.9 Å². The van der Waals surface area contributed by atoms with Crippen LogP contribution < -0.4 is 10.7 Å². The fraction of sp³-hybridized carbons (Fsp3) is 0.574. The van der Waals surface area contributed by atoms with E-state index in [9.17, 15) is 24.3 Å². The van der Waals surface area contributed by atoms with Gasteiger partial charge in [-0.2, -0.15) is 0 Å². The quantitative estimate of drug-likeness (QED) is 0.168. The number of rotatable bonds is 11. The Kier molecular flexibility index (Phi) is 14.4. The third kappa shape index (κ3) is 9.55. The number of carbonyl (C=O) groups excluding carboxylic acids is 4. The number of pyridine rings is 1. The summed E-state index contributed by atoms with van der Waals surface area (Å²) in [6.45, 7) is 13.8. The lowest BCUT2D eigenvalue weighted by atomic mass is 9.84. The van der Waals surface area contributed by atoms with Gasteiger partial charge in [-0.15, -0.1) is 11.3 Å². The number of methoxy groups -OCH3 is 2.